The van der Waals surface area contributed by atoms with Crippen LogP contribution in [0.25, 0.3) is 50.7 Å². The molecule has 0 aliphatic carbocycles. The van der Waals surface area contributed by atoms with Crippen molar-refractivity contribution in [2.75, 3.05) is 79.4 Å². The van der Waals surface area contributed by atoms with Crippen molar-refractivity contribution in [1.82, 2.24) is 71.7 Å². The quantitative estimate of drug-likeness (QED) is 0.0395. The van der Waals surface area contributed by atoms with Crippen LogP contribution in [0.2, 0.25) is 0 Å². The summed E-state index contributed by atoms with van der Waals surface area (Å²) in [5, 5.41) is 32.8. The van der Waals surface area contributed by atoms with Crippen LogP contribution in [0.3, 0.4) is 0 Å². The number of fused-ring (bicyclic) bond motifs is 3. The van der Waals surface area contributed by atoms with Gasteiger partial charge in [-0.15, -0.1) is 35.5 Å². The van der Waals surface area contributed by atoms with Crippen LogP contribution in [0.5, 0.6) is 17.2 Å². The molecule has 9 heterocycles. The van der Waals surface area contributed by atoms with E-state index in [4.69, 9.17) is 18.9 Å². The number of imidazole rings is 3. The van der Waals surface area contributed by atoms with Gasteiger partial charge in [-0.3, -0.25) is 14.4 Å². The summed E-state index contributed by atoms with van der Waals surface area (Å²) in [6.07, 6.45) is 4.37. The molecule has 3 saturated heterocycles. The lowest BCUT2D eigenvalue weighted by molar-refractivity contribution is -0.771. The molecule has 0 atom stereocenters. The van der Waals surface area contributed by atoms with Crippen LogP contribution in [0.1, 0.15) is 102 Å². The molecule has 0 bridgehead atoms. The highest BCUT2D eigenvalue weighted by Gasteiger charge is 2.41. The highest BCUT2D eigenvalue weighted by molar-refractivity contribution is 7.89. The van der Waals surface area contributed by atoms with Gasteiger partial charge in [0.1, 0.15) is 47.4 Å². The van der Waals surface area contributed by atoms with E-state index >= 15 is 0 Å². The summed E-state index contributed by atoms with van der Waals surface area (Å²) < 4.78 is 110. The molecule has 0 unspecified atom stereocenters. The Morgan fingerprint density at radius 3 is 1.13 bits per heavy atom. The maximum atomic E-state index is 13.3. The van der Waals surface area contributed by atoms with E-state index in [-0.39, 0.29) is 82.0 Å². The van der Waals surface area contributed by atoms with Crippen molar-refractivity contribution in [2.45, 2.75) is 128 Å². The molecule has 36 nitrogen and oxygen atoms in total. The van der Waals surface area contributed by atoms with Crippen LogP contribution in [-0.4, -0.2) is 193 Å². The molecule has 3 aliphatic heterocycles. The maximum absolute atomic E-state index is 13.3. The van der Waals surface area contributed by atoms with Gasteiger partial charge in [-0.1, -0.05) is 20.8 Å². The Bertz CT molecular complexity index is 5190. The maximum Gasteiger partial charge on any atom is 0.294 e. The number of hydrogen-bond donors (Lipinski definition) is 3. The molecule has 0 spiro atoms. The van der Waals surface area contributed by atoms with Gasteiger partial charge in [0.2, 0.25) is 30.1 Å². The van der Waals surface area contributed by atoms with Crippen molar-refractivity contribution < 1.29 is 64.0 Å². The number of aromatic amines is 3. The zero-order chi connectivity index (χ0) is 74.4. The monoisotopic (exact) mass is 1490 g/mol. The number of methoxy groups -OCH3 is 1. The van der Waals surface area contributed by atoms with Crippen molar-refractivity contribution >= 4 is 46.6 Å². The molecule has 3 aromatic carbocycles. The van der Waals surface area contributed by atoms with E-state index in [9.17, 15) is 59.9 Å². The predicted molar refractivity (Wildman–Crippen MR) is 371 cm³/mol. The standard InChI is InChI=1S/C23H31N5O5S.C21H26N6O7S.C20H24N6O7S/c1-5-7-20-24-15(3)21-23(29)25-22(26-28(20)21)18-12-17(8-9-19(18)33-6-2)34(30,31)27-13-16(14-27)10-11-32-4;1-4-6-18-22-13(3)19-21(28)23-20(24-26(18)19)16-9-15(7-8-17(16)33-5-2)35(31,32)25-10-14(11-25)12-34-27(29)30;1-4-6-17-21-12(3)18-20(27)22-19(23-25(17)18)15-9-14(7-8-16(15)32-5-2)34(30,31)24-10-13(11-24)33-26(28)29/h8-9,12,16H,5-7,10-11,13-14H2,1-4H3,(H,25,26,29);7-9,14H,4-6,10-12H2,1-3H3,(H,23,24,28);7-9,13H,4-6,10-11H2,1-3H3,(H,22,23,27). The number of aryl methyl sites for hydroxylation is 6. The first-order valence-corrected chi connectivity index (χ1v) is 37.8. The third kappa shape index (κ3) is 16.0. The van der Waals surface area contributed by atoms with Crippen LogP contribution < -0.4 is 30.9 Å². The number of benzene rings is 3. The van der Waals surface area contributed by atoms with Crippen LogP contribution in [0.4, 0.5) is 0 Å². The van der Waals surface area contributed by atoms with Crippen molar-refractivity contribution in [3.05, 3.63) is 140 Å². The summed E-state index contributed by atoms with van der Waals surface area (Å²) in [7, 11) is -9.90. The Morgan fingerprint density at radius 2 is 0.825 bits per heavy atom. The zero-order valence-electron chi connectivity index (χ0n) is 58.4. The minimum Gasteiger partial charge on any atom is -0.493 e. The molecular weight excluding hydrogens is 1410 g/mol. The number of nitrogens with zero attached hydrogens (tertiary/aromatic N) is 14. The van der Waals surface area contributed by atoms with Gasteiger partial charge in [0.25, 0.3) is 26.9 Å². The minimum atomic E-state index is -3.96. The Balaban J connectivity index is 0.000000166. The van der Waals surface area contributed by atoms with Crippen LogP contribution in [0, 0.1) is 52.8 Å². The second-order valence-corrected chi connectivity index (χ2v) is 30.3. The molecular formula is C64H81N17O19S3. The number of ether oxygens (including phenoxy) is 4. The molecule has 3 aliphatic rings. The van der Waals surface area contributed by atoms with Gasteiger partial charge in [0.05, 0.1) is 68.3 Å². The smallest absolute Gasteiger partial charge is 0.294 e. The fourth-order valence-electron chi connectivity index (χ4n) is 12.0. The van der Waals surface area contributed by atoms with Gasteiger partial charge >= 0.3 is 0 Å². The minimum absolute atomic E-state index is 0.0112. The van der Waals surface area contributed by atoms with E-state index in [1.807, 2.05) is 27.7 Å². The molecule has 9 aromatic rings. The van der Waals surface area contributed by atoms with Gasteiger partial charge in [-0.05, 0) is 128 Å². The summed E-state index contributed by atoms with van der Waals surface area (Å²) in [4.78, 5) is 90.0. The van der Waals surface area contributed by atoms with Crippen molar-refractivity contribution in [3.8, 4) is 51.4 Å². The Labute approximate surface area is 590 Å². The number of H-pyrrole nitrogens is 3. The van der Waals surface area contributed by atoms with Crippen molar-refractivity contribution in [3.63, 3.8) is 0 Å². The van der Waals surface area contributed by atoms with Gasteiger partial charge in [-0.25, -0.2) is 53.8 Å². The van der Waals surface area contributed by atoms with Gasteiger partial charge in [-0.2, -0.15) is 12.9 Å². The second kappa shape index (κ2) is 31.8. The van der Waals surface area contributed by atoms with Gasteiger partial charge in [0.15, 0.2) is 34.0 Å². The Kier molecular flexibility index (Phi) is 23.4. The number of aromatic nitrogens is 12. The summed E-state index contributed by atoms with van der Waals surface area (Å²) in [6, 6.07) is 13.3. The lowest BCUT2D eigenvalue weighted by atomic mass is 10.0. The SMILES string of the molecule is CCCc1nc(C)c2c(=O)[nH]c(-c3cc(S(=O)(=O)N4CC(CCOC)C4)ccc3OCC)nn12.CCCc1nc(C)c2c(=O)[nH]c(-c3cc(S(=O)(=O)N4CC(CO[N+](=O)[O-])C4)ccc3OCC)nn12.CCCc1nc(C)c2c(=O)[nH]c(-c3cc(S(=O)(=O)N4CC(O[N+](=O)[O-])C4)ccc3OCC)nn12. The van der Waals surface area contributed by atoms with E-state index in [1.165, 1.54) is 66.2 Å². The highest BCUT2D eigenvalue weighted by atomic mass is 32.2. The largest absolute Gasteiger partial charge is 0.493 e. The van der Waals surface area contributed by atoms with Crippen molar-refractivity contribution in [2.24, 2.45) is 11.8 Å². The number of sulfonamides is 3. The third-order valence-electron chi connectivity index (χ3n) is 17.1. The highest BCUT2D eigenvalue weighted by Crippen LogP contribution is 2.37. The molecule has 0 radical (unpaired) electrons. The van der Waals surface area contributed by atoms with E-state index < -0.39 is 57.5 Å². The molecule has 39 heteroatoms. The number of rotatable bonds is 29. The topological polar surface area (TPSA) is 443 Å². The third-order valence-corrected chi connectivity index (χ3v) is 22.6. The van der Waals surface area contributed by atoms with Crippen LogP contribution in [0.15, 0.2) is 83.7 Å². The molecule has 3 fully saturated rings. The first kappa shape index (κ1) is 75.9. The molecule has 0 saturated carbocycles. The number of nitrogens with one attached hydrogen (secondary N) is 3. The average molecular weight is 1490 g/mol. The van der Waals surface area contributed by atoms with Gasteiger partial charge in [0, 0.05) is 78.2 Å². The first-order valence-electron chi connectivity index (χ1n) is 33.5. The Morgan fingerprint density at radius 1 is 0.495 bits per heavy atom. The fourth-order valence-corrected chi connectivity index (χ4v) is 16.8. The molecule has 12 rings (SSSR count). The Hall–Kier alpha value is -9.80. The molecule has 3 N–H and O–H groups in total. The summed E-state index contributed by atoms with van der Waals surface area (Å²) in [5.41, 5.74) is 2.63. The predicted octanol–water partition coefficient (Wildman–Crippen LogP) is 5.30. The normalized spacial score (nSPS) is 14.9. The average Bonchev–Trinajstić information content (AvgIpc) is 1.54. The van der Waals surface area contributed by atoms with E-state index in [0.29, 0.717) is 144 Å². The summed E-state index contributed by atoms with van der Waals surface area (Å²) in [5.74, 6) is 3.64. The van der Waals surface area contributed by atoms with Crippen molar-refractivity contribution in [1.29, 1.82) is 0 Å². The second-order valence-electron chi connectivity index (χ2n) is 24.5. The van der Waals surface area contributed by atoms with E-state index in [1.54, 1.807) is 52.3 Å². The molecule has 0 amide bonds. The van der Waals surface area contributed by atoms with Crippen LogP contribution >= 0.6 is 0 Å². The first-order chi connectivity index (χ1) is 49.1. The molecule has 103 heavy (non-hydrogen) atoms. The number of hydrogen-bond acceptors (Lipinski definition) is 25. The van der Waals surface area contributed by atoms with E-state index in [0.717, 1.165) is 30.0 Å². The summed E-state index contributed by atoms with van der Waals surface area (Å²) in [6.45, 7) is 19.0. The fraction of sp³-hybridized carbons (Fsp3) is 0.484. The molecule has 554 valence electrons. The lowest BCUT2D eigenvalue weighted by Gasteiger charge is -2.38. The van der Waals surface area contributed by atoms with E-state index in [2.05, 4.69) is 54.9 Å². The van der Waals surface area contributed by atoms with Crippen LogP contribution in [-0.2, 0) is 63.7 Å². The summed E-state index contributed by atoms with van der Waals surface area (Å²) >= 11 is 0. The lowest BCUT2D eigenvalue weighted by Crippen LogP contribution is -2.55. The van der Waals surface area contributed by atoms with Gasteiger partial charge < -0.3 is 43.6 Å². The molecule has 6 aromatic heterocycles. The zero-order valence-corrected chi connectivity index (χ0v) is 60.8.